The second-order valence-corrected chi connectivity index (χ2v) is 9.26. The molecule has 1 fully saturated rings. The lowest BCUT2D eigenvalue weighted by Gasteiger charge is -2.34. The molecule has 1 saturated heterocycles. The summed E-state index contributed by atoms with van der Waals surface area (Å²) in [4.78, 5) is 14.6. The van der Waals surface area contributed by atoms with E-state index in [2.05, 4.69) is 5.16 Å². The molecule has 0 radical (unpaired) electrons. The van der Waals surface area contributed by atoms with Gasteiger partial charge in [0.2, 0.25) is 15.9 Å². The summed E-state index contributed by atoms with van der Waals surface area (Å²) >= 11 is 0. The Labute approximate surface area is 166 Å². The molecule has 3 rings (SSSR count). The number of hydrogen-bond acceptors (Lipinski definition) is 5. The summed E-state index contributed by atoms with van der Waals surface area (Å²) in [6, 6.07) is 5.45. The third-order valence-corrected chi connectivity index (χ3v) is 7.36. The fourth-order valence-electron chi connectivity index (χ4n) is 3.55. The van der Waals surface area contributed by atoms with Crippen molar-refractivity contribution in [2.24, 2.45) is 0 Å². The summed E-state index contributed by atoms with van der Waals surface area (Å²) in [5.41, 5.74) is 3.44. The molecular formula is C20H27N3O4S. The van der Waals surface area contributed by atoms with Crippen LogP contribution in [0.4, 0.5) is 0 Å². The summed E-state index contributed by atoms with van der Waals surface area (Å²) in [5.74, 6) is 0.776. The van der Waals surface area contributed by atoms with E-state index < -0.39 is 10.0 Å². The number of benzene rings is 1. The molecule has 2 aromatic rings. The monoisotopic (exact) mass is 405 g/mol. The molecule has 8 heteroatoms. The average Bonchev–Trinajstić information content (AvgIpc) is 2.99. The minimum Gasteiger partial charge on any atom is -0.361 e. The van der Waals surface area contributed by atoms with E-state index in [4.69, 9.17) is 4.52 Å². The summed E-state index contributed by atoms with van der Waals surface area (Å²) in [6.45, 7) is 8.84. The maximum atomic E-state index is 13.0. The number of sulfonamides is 1. The number of nitrogens with zero attached hydrogens (tertiary/aromatic N) is 3. The Kier molecular flexibility index (Phi) is 5.90. The summed E-state index contributed by atoms with van der Waals surface area (Å²) in [5, 5.41) is 3.91. The highest BCUT2D eigenvalue weighted by Gasteiger charge is 2.31. The predicted molar refractivity (Wildman–Crippen MR) is 106 cm³/mol. The molecule has 1 aromatic carbocycles. The molecule has 2 heterocycles. The smallest absolute Gasteiger partial charge is 0.243 e. The minimum atomic E-state index is -3.55. The number of carbonyl (C=O) groups excluding carboxylic acids is 1. The fraction of sp³-hybridized carbons (Fsp3) is 0.500. The number of carbonyl (C=O) groups is 1. The van der Waals surface area contributed by atoms with Gasteiger partial charge in [-0.3, -0.25) is 4.79 Å². The normalized spacial score (nSPS) is 15.8. The highest BCUT2D eigenvalue weighted by Crippen LogP contribution is 2.23. The van der Waals surface area contributed by atoms with Crippen LogP contribution < -0.4 is 0 Å². The van der Waals surface area contributed by atoms with E-state index >= 15 is 0 Å². The van der Waals surface area contributed by atoms with Gasteiger partial charge in [-0.15, -0.1) is 0 Å². The van der Waals surface area contributed by atoms with Crippen LogP contribution in [0.2, 0.25) is 0 Å². The summed E-state index contributed by atoms with van der Waals surface area (Å²) in [6.07, 6.45) is 0.952. The van der Waals surface area contributed by atoms with Crippen molar-refractivity contribution in [2.75, 3.05) is 26.2 Å². The molecule has 0 spiro atoms. The molecular weight excluding hydrogens is 378 g/mol. The molecule has 1 aliphatic rings. The van der Waals surface area contributed by atoms with Gasteiger partial charge >= 0.3 is 0 Å². The van der Waals surface area contributed by atoms with Crippen molar-refractivity contribution in [1.82, 2.24) is 14.4 Å². The van der Waals surface area contributed by atoms with Crippen LogP contribution in [-0.4, -0.2) is 54.9 Å². The number of rotatable bonds is 5. The van der Waals surface area contributed by atoms with Gasteiger partial charge in [0.25, 0.3) is 0 Å². The van der Waals surface area contributed by atoms with Crippen LogP contribution in [0.25, 0.3) is 0 Å². The molecule has 1 amide bonds. The maximum Gasteiger partial charge on any atom is 0.243 e. The topological polar surface area (TPSA) is 83.7 Å². The number of amides is 1. The first kappa shape index (κ1) is 20.5. The van der Waals surface area contributed by atoms with Gasteiger partial charge in [-0.2, -0.15) is 4.31 Å². The van der Waals surface area contributed by atoms with Crippen LogP contribution in [0.5, 0.6) is 0 Å². The number of hydrogen-bond donors (Lipinski definition) is 0. The number of aryl methyl sites for hydroxylation is 4. The van der Waals surface area contributed by atoms with Crippen LogP contribution in [0.1, 0.15) is 34.6 Å². The van der Waals surface area contributed by atoms with Crippen molar-refractivity contribution in [3.8, 4) is 0 Å². The maximum absolute atomic E-state index is 13.0. The van der Waals surface area contributed by atoms with Gasteiger partial charge in [0.05, 0.1) is 10.6 Å². The molecule has 0 N–H and O–H groups in total. The highest BCUT2D eigenvalue weighted by atomic mass is 32.2. The van der Waals surface area contributed by atoms with Crippen molar-refractivity contribution in [2.45, 2.75) is 45.4 Å². The largest absolute Gasteiger partial charge is 0.361 e. The van der Waals surface area contributed by atoms with Crippen molar-refractivity contribution in [3.63, 3.8) is 0 Å². The Bertz CT molecular complexity index is 954. The zero-order valence-electron chi connectivity index (χ0n) is 16.9. The zero-order chi connectivity index (χ0) is 20.5. The molecule has 0 saturated carbocycles. The van der Waals surface area contributed by atoms with Gasteiger partial charge in [-0.05, 0) is 51.3 Å². The van der Waals surface area contributed by atoms with E-state index in [-0.39, 0.29) is 5.91 Å². The third-order valence-electron chi connectivity index (χ3n) is 5.32. The summed E-state index contributed by atoms with van der Waals surface area (Å²) < 4.78 is 32.6. The van der Waals surface area contributed by atoms with E-state index in [0.29, 0.717) is 43.9 Å². The molecule has 1 aromatic heterocycles. The third kappa shape index (κ3) is 4.12. The summed E-state index contributed by atoms with van der Waals surface area (Å²) in [7, 11) is -3.55. The SMILES string of the molecule is Cc1ccc(C)c(S(=O)(=O)N2CCN(C(=O)CCc3c(C)noc3C)CC2)c1. The Hall–Kier alpha value is -2.19. The molecule has 152 valence electrons. The second-order valence-electron chi connectivity index (χ2n) is 7.36. The van der Waals surface area contributed by atoms with Crippen LogP contribution in [0, 0.1) is 27.7 Å². The van der Waals surface area contributed by atoms with Gasteiger partial charge in [-0.25, -0.2) is 8.42 Å². The van der Waals surface area contributed by atoms with Crippen molar-refractivity contribution < 1.29 is 17.7 Å². The quantitative estimate of drug-likeness (QED) is 0.763. The first-order valence-corrected chi connectivity index (χ1v) is 10.9. The molecule has 0 atom stereocenters. The van der Waals surface area contributed by atoms with Gasteiger partial charge in [0.1, 0.15) is 5.76 Å². The molecule has 28 heavy (non-hydrogen) atoms. The standard InChI is InChI=1S/C20H27N3O4S/c1-14-5-6-15(2)19(13-14)28(25,26)23-11-9-22(10-12-23)20(24)8-7-18-16(3)21-27-17(18)4/h5-6,13H,7-12H2,1-4H3. The fourth-order valence-corrected chi connectivity index (χ4v) is 5.28. The molecule has 1 aliphatic heterocycles. The van der Waals surface area contributed by atoms with Crippen LogP contribution >= 0.6 is 0 Å². The van der Waals surface area contributed by atoms with Gasteiger partial charge < -0.3 is 9.42 Å². The second kappa shape index (κ2) is 8.05. The Morgan fingerprint density at radius 2 is 1.79 bits per heavy atom. The zero-order valence-corrected chi connectivity index (χ0v) is 17.7. The molecule has 0 unspecified atom stereocenters. The van der Waals surface area contributed by atoms with Crippen molar-refractivity contribution in [3.05, 3.63) is 46.3 Å². The first-order chi connectivity index (χ1) is 13.2. The van der Waals surface area contributed by atoms with E-state index in [0.717, 1.165) is 28.1 Å². The van der Waals surface area contributed by atoms with E-state index in [1.54, 1.807) is 17.9 Å². The van der Waals surface area contributed by atoms with E-state index in [1.165, 1.54) is 4.31 Å². The number of piperazine rings is 1. The van der Waals surface area contributed by atoms with Gasteiger partial charge in [-0.1, -0.05) is 17.3 Å². The molecule has 7 nitrogen and oxygen atoms in total. The van der Waals surface area contributed by atoms with Gasteiger partial charge in [0.15, 0.2) is 0 Å². The van der Waals surface area contributed by atoms with Crippen molar-refractivity contribution >= 4 is 15.9 Å². The predicted octanol–water partition coefficient (Wildman–Crippen LogP) is 2.37. The van der Waals surface area contributed by atoms with E-state index in [9.17, 15) is 13.2 Å². The number of aromatic nitrogens is 1. The lowest BCUT2D eigenvalue weighted by atomic mass is 10.1. The van der Waals surface area contributed by atoms with Crippen LogP contribution in [0.15, 0.2) is 27.6 Å². The lowest BCUT2D eigenvalue weighted by Crippen LogP contribution is -2.50. The minimum absolute atomic E-state index is 0.0313. The van der Waals surface area contributed by atoms with E-state index in [1.807, 2.05) is 32.9 Å². The van der Waals surface area contributed by atoms with Gasteiger partial charge in [0, 0.05) is 38.2 Å². The molecule has 0 bridgehead atoms. The van der Waals surface area contributed by atoms with Crippen LogP contribution in [-0.2, 0) is 21.2 Å². The van der Waals surface area contributed by atoms with Crippen LogP contribution in [0.3, 0.4) is 0 Å². The Morgan fingerprint density at radius 1 is 1.11 bits per heavy atom. The Balaban J connectivity index is 1.61. The molecule has 0 aliphatic carbocycles. The first-order valence-electron chi connectivity index (χ1n) is 9.47. The van der Waals surface area contributed by atoms with Crippen molar-refractivity contribution in [1.29, 1.82) is 0 Å². The average molecular weight is 406 g/mol. The lowest BCUT2D eigenvalue weighted by molar-refractivity contribution is -0.132. The highest BCUT2D eigenvalue weighted by molar-refractivity contribution is 7.89. The Morgan fingerprint density at radius 3 is 2.39 bits per heavy atom.